The topological polar surface area (TPSA) is 63.6 Å². The van der Waals surface area contributed by atoms with E-state index in [0.717, 1.165) is 31.4 Å². The van der Waals surface area contributed by atoms with Gasteiger partial charge in [-0.2, -0.15) is 0 Å². The summed E-state index contributed by atoms with van der Waals surface area (Å²) in [6, 6.07) is 8.25. The standard InChI is InChI=1S/C27H30O4/c1-25-11-3-4-12-26(25)13-14-27(25,16-5-7-17(31-2)8-6-16)23-21(30)15-18-19(28)9-10-20(29)22(18)24(23)26/h5-10,13-14,18,20,22-24,29H,3-4,11-12,15H2,1-2H3/t18-,20+,22-,23+,24-,25-,26-,27-/m0/s1. The number of aliphatic hydroxyl groups is 1. The molecular weight excluding hydrogens is 388 g/mol. The highest BCUT2D eigenvalue weighted by Crippen LogP contribution is 2.80. The number of Topliss-reactive ketones (excluding diaryl/α,β-unsaturated/α-hetero) is 1. The van der Waals surface area contributed by atoms with Crippen molar-refractivity contribution in [2.24, 2.45) is 34.5 Å². The van der Waals surface area contributed by atoms with E-state index in [-0.39, 0.29) is 52.5 Å². The zero-order valence-corrected chi connectivity index (χ0v) is 18.2. The first-order chi connectivity index (χ1) is 14.9. The molecule has 1 aromatic carbocycles. The monoisotopic (exact) mass is 418 g/mol. The lowest BCUT2D eigenvalue weighted by Gasteiger charge is -2.53. The number of fused-ring (bicyclic) bond motifs is 4. The SMILES string of the molecule is COc1ccc([C@]23C=C[C@@]4(CCCC[C@]24C)[C@H]2[C@@H]4[C@H](O)C=CC(=O)[C@@H]4CC(=O)[C@H]23)cc1. The van der Waals surface area contributed by atoms with Crippen molar-refractivity contribution in [3.63, 3.8) is 0 Å². The van der Waals surface area contributed by atoms with Gasteiger partial charge in [-0.3, -0.25) is 9.59 Å². The second-order valence-electron chi connectivity index (χ2n) is 10.6. The van der Waals surface area contributed by atoms with Gasteiger partial charge >= 0.3 is 0 Å². The minimum absolute atomic E-state index is 0.0000478. The molecule has 3 fully saturated rings. The number of hydrogen-bond acceptors (Lipinski definition) is 4. The highest BCUT2D eigenvalue weighted by Gasteiger charge is 2.79. The molecule has 0 spiro atoms. The van der Waals surface area contributed by atoms with Crippen molar-refractivity contribution in [3.05, 3.63) is 54.1 Å². The van der Waals surface area contributed by atoms with E-state index >= 15 is 0 Å². The minimum atomic E-state index is -0.662. The Morgan fingerprint density at radius 3 is 2.55 bits per heavy atom. The maximum absolute atomic E-state index is 13.8. The van der Waals surface area contributed by atoms with Crippen LogP contribution in [0.4, 0.5) is 0 Å². The normalized spacial score (nSPS) is 47.1. The first kappa shape index (κ1) is 19.5. The van der Waals surface area contributed by atoms with Crippen LogP contribution in [-0.4, -0.2) is 29.9 Å². The lowest BCUT2D eigenvalue weighted by molar-refractivity contribution is -0.144. The van der Waals surface area contributed by atoms with Gasteiger partial charge in [0.2, 0.25) is 0 Å². The van der Waals surface area contributed by atoms with Gasteiger partial charge in [0.25, 0.3) is 0 Å². The number of ketones is 2. The largest absolute Gasteiger partial charge is 0.497 e. The van der Waals surface area contributed by atoms with Gasteiger partial charge in [0.15, 0.2) is 5.78 Å². The molecule has 0 unspecified atom stereocenters. The van der Waals surface area contributed by atoms with Crippen LogP contribution in [-0.2, 0) is 15.0 Å². The summed E-state index contributed by atoms with van der Waals surface area (Å²) in [6.45, 7) is 2.38. The Bertz CT molecular complexity index is 1020. The van der Waals surface area contributed by atoms with E-state index in [9.17, 15) is 14.7 Å². The smallest absolute Gasteiger partial charge is 0.159 e. The number of hydrogen-bond donors (Lipinski definition) is 1. The third-order valence-corrected chi connectivity index (χ3v) is 9.98. The quantitative estimate of drug-likeness (QED) is 0.737. The lowest BCUT2D eigenvalue weighted by Crippen LogP contribution is -2.55. The molecule has 6 rings (SSSR count). The number of benzene rings is 1. The van der Waals surface area contributed by atoms with Crippen molar-refractivity contribution < 1.29 is 19.4 Å². The van der Waals surface area contributed by atoms with Crippen molar-refractivity contribution in [2.45, 2.75) is 50.5 Å². The number of rotatable bonds is 2. The van der Waals surface area contributed by atoms with E-state index < -0.39 is 11.5 Å². The van der Waals surface area contributed by atoms with Crippen molar-refractivity contribution in [2.75, 3.05) is 7.11 Å². The number of carbonyl (C=O) groups is 2. The summed E-state index contributed by atoms with van der Waals surface area (Å²) in [7, 11) is 1.67. The average molecular weight is 419 g/mol. The molecule has 0 heterocycles. The molecule has 3 saturated carbocycles. The minimum Gasteiger partial charge on any atom is -0.497 e. The van der Waals surface area contributed by atoms with Crippen molar-refractivity contribution in [1.82, 2.24) is 0 Å². The average Bonchev–Trinajstić information content (AvgIpc) is 3.17. The van der Waals surface area contributed by atoms with Crippen molar-refractivity contribution in [3.8, 4) is 5.75 Å². The van der Waals surface area contributed by atoms with Gasteiger partial charge in [-0.05, 0) is 53.4 Å². The van der Waals surface area contributed by atoms with Crippen LogP contribution in [0.2, 0.25) is 0 Å². The predicted octanol–water partition coefficient (Wildman–Crippen LogP) is 4.02. The van der Waals surface area contributed by atoms with Crippen LogP contribution in [0.1, 0.15) is 44.6 Å². The number of allylic oxidation sites excluding steroid dienone is 3. The Morgan fingerprint density at radius 2 is 1.81 bits per heavy atom. The van der Waals surface area contributed by atoms with Crippen LogP contribution >= 0.6 is 0 Å². The molecule has 0 radical (unpaired) electrons. The molecule has 5 aliphatic carbocycles. The van der Waals surface area contributed by atoms with E-state index in [1.54, 1.807) is 13.2 Å². The highest BCUT2D eigenvalue weighted by molar-refractivity contribution is 5.99. The van der Waals surface area contributed by atoms with E-state index in [4.69, 9.17) is 4.74 Å². The van der Waals surface area contributed by atoms with E-state index in [1.807, 2.05) is 12.1 Å². The molecule has 0 aliphatic heterocycles. The molecule has 4 heteroatoms. The third kappa shape index (κ3) is 2.06. The second kappa shape index (κ2) is 6.19. The van der Waals surface area contributed by atoms with Gasteiger partial charge in [-0.1, -0.05) is 50.1 Å². The summed E-state index contributed by atoms with van der Waals surface area (Å²) < 4.78 is 5.40. The number of aliphatic hydroxyl groups excluding tert-OH is 1. The summed E-state index contributed by atoms with van der Waals surface area (Å²) in [6.07, 6.45) is 11.9. The summed E-state index contributed by atoms with van der Waals surface area (Å²) >= 11 is 0. The molecule has 1 aromatic rings. The van der Waals surface area contributed by atoms with Gasteiger partial charge in [0.05, 0.1) is 13.2 Å². The van der Waals surface area contributed by atoms with Crippen molar-refractivity contribution in [1.29, 1.82) is 0 Å². The van der Waals surface area contributed by atoms with Crippen LogP contribution in [0.3, 0.4) is 0 Å². The highest BCUT2D eigenvalue weighted by atomic mass is 16.5. The first-order valence-electron chi connectivity index (χ1n) is 11.7. The Balaban J connectivity index is 1.60. The van der Waals surface area contributed by atoms with Crippen LogP contribution < -0.4 is 4.74 Å². The summed E-state index contributed by atoms with van der Waals surface area (Å²) in [5.41, 5.74) is 0.524. The molecule has 0 saturated heterocycles. The zero-order valence-electron chi connectivity index (χ0n) is 18.2. The molecule has 1 N–H and O–H groups in total. The van der Waals surface area contributed by atoms with Gasteiger partial charge in [0.1, 0.15) is 11.5 Å². The zero-order chi connectivity index (χ0) is 21.6. The van der Waals surface area contributed by atoms with Gasteiger partial charge in [-0.25, -0.2) is 0 Å². The number of ether oxygens (including phenoxy) is 1. The van der Waals surface area contributed by atoms with Crippen LogP contribution in [0.25, 0.3) is 0 Å². The molecule has 8 atom stereocenters. The summed E-state index contributed by atoms with van der Waals surface area (Å²) in [5.74, 6) is 0.283. The second-order valence-corrected chi connectivity index (χ2v) is 10.6. The molecular formula is C27H30O4. The molecule has 0 aromatic heterocycles. The fourth-order valence-electron chi connectivity index (χ4n) is 8.80. The predicted molar refractivity (Wildman–Crippen MR) is 117 cm³/mol. The fourth-order valence-corrected chi connectivity index (χ4v) is 8.80. The third-order valence-electron chi connectivity index (χ3n) is 9.98. The molecule has 4 nitrogen and oxygen atoms in total. The van der Waals surface area contributed by atoms with Crippen molar-refractivity contribution >= 4 is 11.6 Å². The Morgan fingerprint density at radius 1 is 1.06 bits per heavy atom. The van der Waals surface area contributed by atoms with Crippen LogP contribution in [0, 0.1) is 34.5 Å². The van der Waals surface area contributed by atoms with Gasteiger partial charge < -0.3 is 9.84 Å². The van der Waals surface area contributed by atoms with E-state index in [2.05, 4.69) is 31.2 Å². The summed E-state index contributed by atoms with van der Waals surface area (Å²) in [5, 5.41) is 11.1. The summed E-state index contributed by atoms with van der Waals surface area (Å²) in [4.78, 5) is 26.6. The fraction of sp³-hybridized carbons (Fsp3) is 0.556. The van der Waals surface area contributed by atoms with Crippen LogP contribution in [0.15, 0.2) is 48.6 Å². The Kier molecular flexibility index (Phi) is 3.89. The molecule has 5 aliphatic rings. The van der Waals surface area contributed by atoms with Gasteiger partial charge in [0, 0.05) is 29.6 Å². The van der Waals surface area contributed by atoms with E-state index in [0.29, 0.717) is 0 Å². The maximum atomic E-state index is 13.8. The van der Waals surface area contributed by atoms with E-state index in [1.165, 1.54) is 11.6 Å². The first-order valence-corrected chi connectivity index (χ1v) is 11.7. The number of carbonyl (C=O) groups excluding carboxylic acids is 2. The molecule has 0 amide bonds. The van der Waals surface area contributed by atoms with Gasteiger partial charge in [-0.15, -0.1) is 0 Å². The Hall–Kier alpha value is -2.20. The molecule has 31 heavy (non-hydrogen) atoms. The number of methoxy groups -OCH3 is 1. The Labute approximate surface area is 183 Å². The maximum Gasteiger partial charge on any atom is 0.159 e. The molecule has 2 bridgehead atoms. The van der Waals surface area contributed by atoms with Crippen LogP contribution in [0.5, 0.6) is 5.75 Å². The lowest BCUT2D eigenvalue weighted by atomic mass is 9.50. The molecule has 162 valence electrons.